The largest absolute Gasteiger partial charge is 0.497 e. The molecule has 0 amide bonds. The Hall–Kier alpha value is -3.15. The number of ether oxygens (including phenoxy) is 4. The second kappa shape index (κ2) is 5.44. The van der Waals surface area contributed by atoms with Crippen LogP contribution in [0.4, 0.5) is 0 Å². The molecule has 0 unspecified atom stereocenters. The molecule has 4 rings (SSSR count). The third kappa shape index (κ3) is 1.94. The molecule has 6 nitrogen and oxygen atoms in total. The van der Waals surface area contributed by atoms with Gasteiger partial charge in [-0.3, -0.25) is 0 Å². The normalized spacial score (nSPS) is 11.4. The summed E-state index contributed by atoms with van der Waals surface area (Å²) in [5.74, 6) is 1.79. The van der Waals surface area contributed by atoms with Gasteiger partial charge >= 0.3 is 5.63 Å². The van der Waals surface area contributed by atoms with Gasteiger partial charge in [0.05, 0.1) is 28.4 Å². The van der Waals surface area contributed by atoms with E-state index in [2.05, 4.69) is 0 Å². The molecular formula is C19H16O6. The highest BCUT2D eigenvalue weighted by atomic mass is 16.5. The summed E-state index contributed by atoms with van der Waals surface area (Å²) in [4.78, 5) is 12.7. The first kappa shape index (κ1) is 15.4. The highest BCUT2D eigenvalue weighted by molar-refractivity contribution is 6.24. The van der Waals surface area contributed by atoms with Gasteiger partial charge in [-0.2, -0.15) is 0 Å². The molecule has 1 aromatic heterocycles. The van der Waals surface area contributed by atoms with Crippen molar-refractivity contribution in [1.82, 2.24) is 0 Å². The Labute approximate surface area is 142 Å². The van der Waals surface area contributed by atoms with Gasteiger partial charge in [0.15, 0.2) is 11.5 Å². The van der Waals surface area contributed by atoms with Gasteiger partial charge in [0, 0.05) is 22.2 Å². The van der Waals surface area contributed by atoms with Crippen LogP contribution in [0.5, 0.6) is 23.0 Å². The van der Waals surface area contributed by atoms with Crippen LogP contribution in [0.3, 0.4) is 0 Å². The van der Waals surface area contributed by atoms with Crippen LogP contribution in [-0.4, -0.2) is 28.4 Å². The molecule has 0 N–H and O–H groups in total. The molecule has 0 atom stereocenters. The molecule has 0 aliphatic carbocycles. The Balaban J connectivity index is 2.37. The molecule has 0 saturated heterocycles. The standard InChI is InChI=1S/C19H16O6/c1-21-10-7-9-5-6-11-14-13(9)12(8-10)25-19(20)15(14)17(23-3)18(24-4)16(11)22-2/h5-8H,1-4H3. The van der Waals surface area contributed by atoms with Gasteiger partial charge in [-0.05, 0) is 17.5 Å². The van der Waals surface area contributed by atoms with E-state index in [9.17, 15) is 4.79 Å². The van der Waals surface area contributed by atoms with E-state index in [0.717, 1.165) is 21.5 Å². The van der Waals surface area contributed by atoms with E-state index in [1.54, 1.807) is 20.3 Å². The van der Waals surface area contributed by atoms with Crippen LogP contribution in [0.1, 0.15) is 0 Å². The van der Waals surface area contributed by atoms with Gasteiger partial charge in [-0.25, -0.2) is 4.79 Å². The summed E-state index contributed by atoms with van der Waals surface area (Å²) in [7, 11) is 6.11. The van der Waals surface area contributed by atoms with Gasteiger partial charge < -0.3 is 23.4 Å². The van der Waals surface area contributed by atoms with Crippen molar-refractivity contribution in [3.63, 3.8) is 0 Å². The average molecular weight is 340 g/mol. The molecule has 0 saturated carbocycles. The summed E-state index contributed by atoms with van der Waals surface area (Å²) in [5, 5.41) is 3.52. The Morgan fingerprint density at radius 1 is 0.760 bits per heavy atom. The molecular weight excluding hydrogens is 324 g/mol. The molecule has 25 heavy (non-hydrogen) atoms. The first-order valence-electron chi connectivity index (χ1n) is 7.63. The zero-order chi connectivity index (χ0) is 17.7. The maximum absolute atomic E-state index is 12.7. The average Bonchev–Trinajstić information content (AvgIpc) is 2.64. The fourth-order valence-corrected chi connectivity index (χ4v) is 3.43. The quantitative estimate of drug-likeness (QED) is 0.418. The molecule has 6 heteroatoms. The smallest absolute Gasteiger partial charge is 0.348 e. The molecule has 128 valence electrons. The van der Waals surface area contributed by atoms with Crippen LogP contribution in [0, 0.1) is 0 Å². The molecule has 0 spiro atoms. The monoisotopic (exact) mass is 340 g/mol. The van der Waals surface area contributed by atoms with Crippen LogP contribution in [0.15, 0.2) is 33.5 Å². The van der Waals surface area contributed by atoms with Crippen LogP contribution in [0.2, 0.25) is 0 Å². The minimum atomic E-state index is -0.504. The number of hydrogen-bond acceptors (Lipinski definition) is 6. The predicted molar refractivity (Wildman–Crippen MR) is 94.9 cm³/mol. The minimum Gasteiger partial charge on any atom is -0.497 e. The number of methoxy groups -OCH3 is 4. The number of rotatable bonds is 4. The molecule has 0 bridgehead atoms. The zero-order valence-electron chi connectivity index (χ0n) is 14.3. The Bertz CT molecular complexity index is 1160. The van der Waals surface area contributed by atoms with Crippen LogP contribution >= 0.6 is 0 Å². The SMILES string of the molecule is COc1cc2ccc3c(OC)c(OC)c(OC)c4c(=O)oc(c1)c2c34. The molecule has 3 aromatic carbocycles. The summed E-state index contributed by atoms with van der Waals surface area (Å²) in [6, 6.07) is 7.42. The molecule has 0 aliphatic rings. The fraction of sp³-hybridized carbons (Fsp3) is 0.211. The van der Waals surface area contributed by atoms with Crippen LogP contribution in [0.25, 0.3) is 32.5 Å². The molecule has 0 fully saturated rings. The van der Waals surface area contributed by atoms with E-state index in [-0.39, 0.29) is 0 Å². The van der Waals surface area contributed by atoms with Crippen LogP contribution in [-0.2, 0) is 0 Å². The van der Waals surface area contributed by atoms with Crippen molar-refractivity contribution < 1.29 is 23.4 Å². The summed E-state index contributed by atoms with van der Waals surface area (Å²) in [5.41, 5.74) is -0.0530. The van der Waals surface area contributed by atoms with E-state index >= 15 is 0 Å². The highest BCUT2D eigenvalue weighted by Gasteiger charge is 2.25. The highest BCUT2D eigenvalue weighted by Crippen LogP contribution is 2.49. The van der Waals surface area contributed by atoms with E-state index in [4.69, 9.17) is 23.4 Å². The minimum absolute atomic E-state index is 0.297. The van der Waals surface area contributed by atoms with Crippen molar-refractivity contribution >= 4 is 32.5 Å². The van der Waals surface area contributed by atoms with Crippen molar-refractivity contribution in [3.05, 3.63) is 34.7 Å². The Kier molecular flexibility index (Phi) is 3.35. The van der Waals surface area contributed by atoms with Crippen molar-refractivity contribution in [2.45, 2.75) is 0 Å². The fourth-order valence-electron chi connectivity index (χ4n) is 3.43. The predicted octanol–water partition coefficient (Wildman–Crippen LogP) is 3.57. The zero-order valence-corrected chi connectivity index (χ0v) is 14.3. The maximum atomic E-state index is 12.7. The number of benzene rings is 3. The summed E-state index contributed by atoms with van der Waals surface area (Å²) >= 11 is 0. The van der Waals surface area contributed by atoms with Gasteiger partial charge in [0.2, 0.25) is 5.75 Å². The lowest BCUT2D eigenvalue weighted by molar-refractivity contribution is 0.329. The van der Waals surface area contributed by atoms with Crippen molar-refractivity contribution in [1.29, 1.82) is 0 Å². The second-order valence-electron chi connectivity index (χ2n) is 5.58. The summed E-state index contributed by atoms with van der Waals surface area (Å²) in [6.45, 7) is 0. The lowest BCUT2D eigenvalue weighted by atomic mass is 9.96. The lowest BCUT2D eigenvalue weighted by Crippen LogP contribution is -2.06. The third-order valence-electron chi connectivity index (χ3n) is 4.44. The Morgan fingerprint density at radius 2 is 1.48 bits per heavy atom. The molecule has 1 heterocycles. The molecule has 0 radical (unpaired) electrons. The van der Waals surface area contributed by atoms with E-state index in [1.807, 2.05) is 18.2 Å². The van der Waals surface area contributed by atoms with E-state index in [1.165, 1.54) is 14.2 Å². The van der Waals surface area contributed by atoms with E-state index < -0.39 is 5.63 Å². The lowest BCUT2D eigenvalue weighted by Gasteiger charge is -2.18. The third-order valence-corrected chi connectivity index (χ3v) is 4.44. The topological polar surface area (TPSA) is 67.1 Å². The van der Waals surface area contributed by atoms with Gasteiger partial charge in [-0.1, -0.05) is 6.07 Å². The number of hydrogen-bond donors (Lipinski definition) is 0. The summed E-state index contributed by atoms with van der Waals surface area (Å²) < 4.78 is 27.3. The maximum Gasteiger partial charge on any atom is 0.348 e. The van der Waals surface area contributed by atoms with Gasteiger partial charge in [0.25, 0.3) is 0 Å². The molecule has 0 aliphatic heterocycles. The summed E-state index contributed by atoms with van der Waals surface area (Å²) in [6.07, 6.45) is 0. The first-order valence-corrected chi connectivity index (χ1v) is 7.63. The van der Waals surface area contributed by atoms with Crippen LogP contribution < -0.4 is 24.6 Å². The van der Waals surface area contributed by atoms with Crippen molar-refractivity contribution in [3.8, 4) is 23.0 Å². The van der Waals surface area contributed by atoms with Crippen molar-refractivity contribution in [2.75, 3.05) is 28.4 Å². The van der Waals surface area contributed by atoms with Crippen molar-refractivity contribution in [2.24, 2.45) is 0 Å². The second-order valence-corrected chi connectivity index (χ2v) is 5.58. The first-order chi connectivity index (χ1) is 12.1. The molecule has 4 aromatic rings. The van der Waals surface area contributed by atoms with Gasteiger partial charge in [0.1, 0.15) is 16.7 Å². The van der Waals surface area contributed by atoms with E-state index in [0.29, 0.717) is 34.0 Å². The van der Waals surface area contributed by atoms with Gasteiger partial charge in [-0.15, -0.1) is 0 Å². The Morgan fingerprint density at radius 3 is 2.12 bits per heavy atom.